The Hall–Kier alpha value is -3.91. The van der Waals surface area contributed by atoms with Crippen molar-refractivity contribution < 1.29 is 4.79 Å². The number of carbonyl (C=O) groups excluding carboxylic acids is 1. The minimum atomic E-state index is -0.0821. The van der Waals surface area contributed by atoms with Crippen LogP contribution in [0.4, 0.5) is 0 Å². The van der Waals surface area contributed by atoms with E-state index in [1.807, 2.05) is 61.1 Å². The molecule has 2 heterocycles. The first-order chi connectivity index (χ1) is 16.3. The van der Waals surface area contributed by atoms with Gasteiger partial charge in [-0.05, 0) is 68.4 Å². The molecule has 0 saturated carbocycles. The number of hydrogen-bond acceptors (Lipinski definition) is 3. The highest BCUT2D eigenvalue weighted by molar-refractivity contribution is 5.95. The monoisotopic (exact) mass is 436 g/mol. The summed E-state index contributed by atoms with van der Waals surface area (Å²) < 4.78 is 1.77. The second-order valence-corrected chi connectivity index (χ2v) is 8.03. The maximum absolute atomic E-state index is 12.8. The summed E-state index contributed by atoms with van der Waals surface area (Å²) in [5.41, 5.74) is 3.14. The van der Waals surface area contributed by atoms with E-state index in [2.05, 4.69) is 45.5 Å². The van der Waals surface area contributed by atoms with E-state index in [-0.39, 0.29) is 5.91 Å². The molecule has 0 radical (unpaired) electrons. The van der Waals surface area contributed by atoms with Gasteiger partial charge in [-0.15, -0.1) is 0 Å². The number of hydrogen-bond donors (Lipinski definition) is 1. The van der Waals surface area contributed by atoms with E-state index in [1.165, 1.54) is 0 Å². The van der Waals surface area contributed by atoms with Gasteiger partial charge in [-0.2, -0.15) is 5.10 Å². The molecule has 1 atom stereocenters. The third-order valence-electron chi connectivity index (χ3n) is 5.59. The molecule has 33 heavy (non-hydrogen) atoms. The molecule has 5 heteroatoms. The van der Waals surface area contributed by atoms with Crippen LogP contribution in [0.1, 0.15) is 48.0 Å². The van der Waals surface area contributed by atoms with Crippen LogP contribution in [0.5, 0.6) is 0 Å². The predicted molar refractivity (Wildman–Crippen MR) is 133 cm³/mol. The summed E-state index contributed by atoms with van der Waals surface area (Å²) in [6.45, 7) is 0.649. The zero-order chi connectivity index (χ0) is 22.7. The molecule has 2 aliphatic rings. The van der Waals surface area contributed by atoms with Crippen LogP contribution in [-0.4, -0.2) is 28.4 Å². The lowest BCUT2D eigenvalue weighted by Crippen LogP contribution is -2.25. The van der Waals surface area contributed by atoms with E-state index in [9.17, 15) is 4.79 Å². The third kappa shape index (κ3) is 6.54. The molecule has 1 aliphatic carbocycles. The molecule has 1 aliphatic heterocycles. The SMILES string of the molecule is O=C(NCCCC1C=CN=CCC1)c1ccc(-n2cccn2)c(C#CC2=CC=CCC=C2)c1. The number of aliphatic imine (C=N–C) groups is 1. The van der Waals surface area contributed by atoms with Gasteiger partial charge in [-0.3, -0.25) is 9.79 Å². The van der Waals surface area contributed by atoms with Crippen LogP contribution in [0.3, 0.4) is 0 Å². The standard InChI is InChI=1S/C28H28N4O/c33-28(30-18-6-11-24-10-5-17-29-20-16-24)26-14-15-27(32-21-7-19-31-32)25(22-26)13-12-23-8-3-1-2-4-9-23/h1,3-4,7-9,14-17,19-22,24H,2,5-6,10-11,18H2,(H,30,33). The first-order valence-electron chi connectivity index (χ1n) is 11.5. The van der Waals surface area contributed by atoms with Gasteiger partial charge < -0.3 is 5.32 Å². The molecule has 1 amide bonds. The molecule has 0 saturated heterocycles. The average Bonchev–Trinajstić information content (AvgIpc) is 3.07. The number of aromatic nitrogens is 2. The fraction of sp³-hybridized carbons (Fsp3) is 0.250. The molecule has 1 aromatic heterocycles. The summed E-state index contributed by atoms with van der Waals surface area (Å²) >= 11 is 0. The average molecular weight is 437 g/mol. The van der Waals surface area contributed by atoms with Crippen molar-refractivity contribution in [2.45, 2.75) is 32.1 Å². The topological polar surface area (TPSA) is 59.3 Å². The van der Waals surface area contributed by atoms with E-state index in [4.69, 9.17) is 0 Å². The molecule has 0 bridgehead atoms. The van der Waals surface area contributed by atoms with Crippen LogP contribution in [0, 0.1) is 17.8 Å². The lowest BCUT2D eigenvalue weighted by Gasteiger charge is -2.11. The van der Waals surface area contributed by atoms with Crippen LogP contribution >= 0.6 is 0 Å². The van der Waals surface area contributed by atoms with Crippen LogP contribution in [0.15, 0.2) is 89.9 Å². The van der Waals surface area contributed by atoms with E-state index in [1.54, 1.807) is 10.9 Å². The van der Waals surface area contributed by atoms with Gasteiger partial charge in [0, 0.05) is 42.5 Å². The maximum Gasteiger partial charge on any atom is 0.251 e. The van der Waals surface area contributed by atoms with Crippen molar-refractivity contribution in [3.05, 3.63) is 96.0 Å². The zero-order valence-electron chi connectivity index (χ0n) is 18.7. The van der Waals surface area contributed by atoms with Gasteiger partial charge in [0.2, 0.25) is 0 Å². The molecular formula is C28H28N4O. The lowest BCUT2D eigenvalue weighted by molar-refractivity contribution is 0.0952. The smallest absolute Gasteiger partial charge is 0.251 e. The summed E-state index contributed by atoms with van der Waals surface area (Å²) in [7, 11) is 0. The van der Waals surface area contributed by atoms with Crippen molar-refractivity contribution in [1.29, 1.82) is 0 Å². The summed E-state index contributed by atoms with van der Waals surface area (Å²) in [6, 6.07) is 7.45. The first-order valence-corrected chi connectivity index (χ1v) is 11.5. The highest BCUT2D eigenvalue weighted by Gasteiger charge is 2.11. The van der Waals surface area contributed by atoms with Gasteiger partial charge in [0.25, 0.3) is 5.91 Å². The van der Waals surface area contributed by atoms with Gasteiger partial charge in [0.1, 0.15) is 0 Å². The lowest BCUT2D eigenvalue weighted by atomic mass is 9.98. The van der Waals surface area contributed by atoms with Crippen LogP contribution in [0.25, 0.3) is 5.69 Å². The van der Waals surface area contributed by atoms with Crippen LogP contribution < -0.4 is 5.32 Å². The molecule has 166 valence electrons. The van der Waals surface area contributed by atoms with Gasteiger partial charge in [0.15, 0.2) is 0 Å². The minimum absolute atomic E-state index is 0.0821. The van der Waals surface area contributed by atoms with Gasteiger partial charge >= 0.3 is 0 Å². The molecular weight excluding hydrogens is 408 g/mol. The van der Waals surface area contributed by atoms with Crippen molar-refractivity contribution >= 4 is 12.1 Å². The van der Waals surface area contributed by atoms with Crippen LogP contribution in [-0.2, 0) is 0 Å². The quantitative estimate of drug-likeness (QED) is 0.502. The Morgan fingerprint density at radius 2 is 2.21 bits per heavy atom. The predicted octanol–water partition coefficient (Wildman–Crippen LogP) is 5.17. The second kappa shape index (κ2) is 11.6. The third-order valence-corrected chi connectivity index (χ3v) is 5.59. The highest BCUT2D eigenvalue weighted by Crippen LogP contribution is 2.18. The van der Waals surface area contributed by atoms with Crippen molar-refractivity contribution in [3.8, 4) is 17.5 Å². The summed E-state index contributed by atoms with van der Waals surface area (Å²) in [6.07, 6.45) is 24.8. The summed E-state index contributed by atoms with van der Waals surface area (Å²) in [5.74, 6) is 6.92. The van der Waals surface area contributed by atoms with E-state index in [0.29, 0.717) is 18.0 Å². The van der Waals surface area contributed by atoms with E-state index >= 15 is 0 Å². The largest absolute Gasteiger partial charge is 0.352 e. The molecule has 2 aromatic rings. The van der Waals surface area contributed by atoms with Gasteiger partial charge in [0.05, 0.1) is 11.3 Å². The number of rotatable bonds is 6. The summed E-state index contributed by atoms with van der Waals surface area (Å²) in [5, 5.41) is 7.39. The Morgan fingerprint density at radius 1 is 1.24 bits per heavy atom. The molecule has 0 fully saturated rings. The minimum Gasteiger partial charge on any atom is -0.352 e. The van der Waals surface area contributed by atoms with Gasteiger partial charge in [-0.1, -0.05) is 42.2 Å². The van der Waals surface area contributed by atoms with E-state index in [0.717, 1.165) is 48.9 Å². The number of nitrogens with one attached hydrogen (secondary N) is 1. The Balaban J connectivity index is 1.45. The second-order valence-electron chi connectivity index (χ2n) is 8.03. The fourth-order valence-electron chi connectivity index (χ4n) is 3.79. The molecule has 0 spiro atoms. The Morgan fingerprint density at radius 3 is 3.12 bits per heavy atom. The molecule has 5 nitrogen and oxygen atoms in total. The van der Waals surface area contributed by atoms with Crippen molar-refractivity contribution in [1.82, 2.24) is 15.1 Å². The number of benzene rings is 1. The normalized spacial score (nSPS) is 17.0. The molecule has 1 unspecified atom stereocenters. The molecule has 1 aromatic carbocycles. The van der Waals surface area contributed by atoms with E-state index < -0.39 is 0 Å². The van der Waals surface area contributed by atoms with Crippen molar-refractivity contribution in [2.75, 3.05) is 6.54 Å². The van der Waals surface area contributed by atoms with Crippen molar-refractivity contribution in [3.63, 3.8) is 0 Å². The summed E-state index contributed by atoms with van der Waals surface area (Å²) in [4.78, 5) is 17.0. The number of allylic oxidation sites excluding steroid dienone is 7. The van der Waals surface area contributed by atoms with Gasteiger partial charge in [-0.25, -0.2) is 4.68 Å². The number of carbonyl (C=O) groups is 1. The van der Waals surface area contributed by atoms with Crippen molar-refractivity contribution in [2.24, 2.45) is 10.9 Å². The van der Waals surface area contributed by atoms with Crippen LogP contribution in [0.2, 0.25) is 0 Å². The highest BCUT2D eigenvalue weighted by atomic mass is 16.1. The Labute approximate surface area is 195 Å². The maximum atomic E-state index is 12.8. The Kier molecular flexibility index (Phi) is 7.86. The number of amides is 1. The first kappa shape index (κ1) is 22.3. The Bertz CT molecular complexity index is 1170. The fourth-order valence-corrected chi connectivity index (χ4v) is 3.79. The zero-order valence-corrected chi connectivity index (χ0v) is 18.7. The molecule has 4 rings (SSSR count). The number of nitrogens with zero attached hydrogens (tertiary/aromatic N) is 3. The molecule has 1 N–H and O–H groups in total.